The Bertz CT molecular complexity index is 1290. The molecular weight excluding hydrogens is 493 g/mol. The van der Waals surface area contributed by atoms with E-state index in [1.165, 1.54) is 11.3 Å². The quantitative estimate of drug-likeness (QED) is 0.288. The summed E-state index contributed by atoms with van der Waals surface area (Å²) in [5.41, 5.74) is 2.12. The molecule has 3 aromatic carbocycles. The molecule has 0 saturated carbocycles. The summed E-state index contributed by atoms with van der Waals surface area (Å²) in [4.78, 5) is 25.8. The number of anilines is 2. The van der Waals surface area contributed by atoms with E-state index in [1.807, 2.05) is 60.7 Å². The normalized spacial score (nSPS) is 11.5. The van der Waals surface area contributed by atoms with Crippen LogP contribution in [0.2, 0.25) is 10.0 Å². The average molecular weight is 512 g/mol. The second-order valence-corrected chi connectivity index (χ2v) is 8.97. The number of carbonyl (C=O) groups is 2. The number of urea groups is 1. The molecule has 0 fully saturated rings. The van der Waals surface area contributed by atoms with Crippen LogP contribution in [0, 0.1) is 0 Å². The third-order valence-corrected chi connectivity index (χ3v) is 6.49. The van der Waals surface area contributed by atoms with E-state index in [1.54, 1.807) is 18.2 Å². The van der Waals surface area contributed by atoms with Crippen molar-refractivity contribution >= 4 is 57.3 Å². The first-order valence-electron chi connectivity index (χ1n) is 10.2. The third kappa shape index (κ3) is 6.11. The first-order chi connectivity index (χ1) is 16.5. The van der Waals surface area contributed by atoms with Gasteiger partial charge < -0.3 is 10.6 Å². The van der Waals surface area contributed by atoms with Gasteiger partial charge in [-0.3, -0.25) is 10.1 Å². The van der Waals surface area contributed by atoms with Crippen LogP contribution in [-0.4, -0.2) is 28.2 Å². The number of benzene rings is 3. The highest BCUT2D eigenvalue weighted by Gasteiger charge is 2.23. The van der Waals surface area contributed by atoms with Gasteiger partial charge in [0.05, 0.1) is 15.7 Å². The standard InChI is InChI=1S/C24H19Cl2N5O2S/c25-17-12-7-13-18(20(17)26)27-23(33)28-19(14-15-8-3-1-4-9-15)21(32)29-24-31-30-22(34-24)16-10-5-2-6-11-16/h1-13,19H,14H2,(H2,27,28,33)(H,29,31,32). The van der Waals surface area contributed by atoms with E-state index in [4.69, 9.17) is 23.2 Å². The molecule has 0 spiro atoms. The molecule has 0 radical (unpaired) electrons. The number of halogens is 2. The summed E-state index contributed by atoms with van der Waals surface area (Å²) in [6.45, 7) is 0. The van der Waals surface area contributed by atoms with Crippen LogP contribution in [0.15, 0.2) is 78.9 Å². The minimum Gasteiger partial charge on any atom is -0.326 e. The van der Waals surface area contributed by atoms with E-state index in [0.717, 1.165) is 11.1 Å². The fourth-order valence-corrected chi connectivity index (χ4v) is 4.24. The Hall–Kier alpha value is -3.46. The van der Waals surface area contributed by atoms with Gasteiger partial charge in [0.2, 0.25) is 11.0 Å². The Morgan fingerprint density at radius 1 is 0.853 bits per heavy atom. The molecular formula is C24H19Cl2N5O2S. The predicted molar refractivity (Wildman–Crippen MR) is 137 cm³/mol. The highest BCUT2D eigenvalue weighted by molar-refractivity contribution is 7.18. The van der Waals surface area contributed by atoms with Crippen molar-refractivity contribution in [2.75, 3.05) is 10.6 Å². The summed E-state index contributed by atoms with van der Waals surface area (Å²) in [7, 11) is 0. The fraction of sp³-hybridized carbons (Fsp3) is 0.0833. The number of rotatable bonds is 7. The lowest BCUT2D eigenvalue weighted by Crippen LogP contribution is -2.47. The summed E-state index contributed by atoms with van der Waals surface area (Å²) < 4.78 is 0. The molecule has 1 heterocycles. The summed E-state index contributed by atoms with van der Waals surface area (Å²) >= 11 is 13.4. The monoisotopic (exact) mass is 511 g/mol. The van der Waals surface area contributed by atoms with E-state index >= 15 is 0 Å². The van der Waals surface area contributed by atoms with Crippen molar-refractivity contribution < 1.29 is 9.59 Å². The van der Waals surface area contributed by atoms with Crippen molar-refractivity contribution in [3.63, 3.8) is 0 Å². The molecule has 3 amide bonds. The Morgan fingerprint density at radius 3 is 2.29 bits per heavy atom. The zero-order valence-electron chi connectivity index (χ0n) is 17.7. The van der Waals surface area contributed by atoms with Gasteiger partial charge in [-0.2, -0.15) is 0 Å². The van der Waals surface area contributed by atoms with Crippen molar-refractivity contribution in [1.82, 2.24) is 15.5 Å². The van der Waals surface area contributed by atoms with Gasteiger partial charge in [-0.25, -0.2) is 4.79 Å². The maximum Gasteiger partial charge on any atom is 0.319 e. The lowest BCUT2D eigenvalue weighted by molar-refractivity contribution is -0.117. The zero-order chi connectivity index (χ0) is 23.9. The Labute approximate surface area is 210 Å². The molecule has 0 aliphatic rings. The van der Waals surface area contributed by atoms with Gasteiger partial charge in [0.15, 0.2) is 0 Å². The zero-order valence-corrected chi connectivity index (χ0v) is 20.0. The molecule has 0 bridgehead atoms. The number of nitrogens with one attached hydrogen (secondary N) is 3. The van der Waals surface area contributed by atoms with Crippen LogP contribution in [0.1, 0.15) is 5.56 Å². The lowest BCUT2D eigenvalue weighted by atomic mass is 10.1. The van der Waals surface area contributed by atoms with Crippen LogP contribution < -0.4 is 16.0 Å². The Morgan fingerprint density at radius 2 is 1.56 bits per heavy atom. The predicted octanol–water partition coefficient (Wildman–Crippen LogP) is 5.88. The number of carbonyl (C=O) groups excluding carboxylic acids is 2. The fourth-order valence-electron chi connectivity index (χ4n) is 3.14. The van der Waals surface area contributed by atoms with Crippen LogP contribution in [0.3, 0.4) is 0 Å². The van der Waals surface area contributed by atoms with Crippen molar-refractivity contribution in [3.8, 4) is 10.6 Å². The first kappa shape index (κ1) is 23.7. The second kappa shape index (κ2) is 11.1. The molecule has 10 heteroatoms. The molecule has 1 aromatic heterocycles. The molecule has 3 N–H and O–H groups in total. The Kier molecular flexibility index (Phi) is 7.74. The van der Waals surface area contributed by atoms with Gasteiger partial charge in [0.25, 0.3) is 0 Å². The van der Waals surface area contributed by atoms with Gasteiger partial charge >= 0.3 is 6.03 Å². The summed E-state index contributed by atoms with van der Waals surface area (Å²) in [5.74, 6) is -0.424. The number of hydrogen-bond donors (Lipinski definition) is 3. The van der Waals surface area contributed by atoms with E-state index in [2.05, 4.69) is 26.1 Å². The largest absolute Gasteiger partial charge is 0.326 e. The van der Waals surface area contributed by atoms with Gasteiger partial charge in [-0.05, 0) is 17.7 Å². The molecule has 4 rings (SSSR count). The van der Waals surface area contributed by atoms with Gasteiger partial charge in [-0.15, -0.1) is 10.2 Å². The first-order valence-corrected chi connectivity index (χ1v) is 11.8. The number of amides is 3. The van der Waals surface area contributed by atoms with Crippen molar-refractivity contribution in [2.24, 2.45) is 0 Å². The highest BCUT2D eigenvalue weighted by Crippen LogP contribution is 2.29. The van der Waals surface area contributed by atoms with E-state index in [-0.39, 0.29) is 11.4 Å². The third-order valence-electron chi connectivity index (χ3n) is 4.78. The van der Waals surface area contributed by atoms with Gasteiger partial charge in [0, 0.05) is 12.0 Å². The van der Waals surface area contributed by atoms with E-state index in [0.29, 0.717) is 20.8 Å². The smallest absolute Gasteiger partial charge is 0.319 e. The van der Waals surface area contributed by atoms with E-state index in [9.17, 15) is 9.59 Å². The summed E-state index contributed by atoms with van der Waals surface area (Å²) in [6.07, 6.45) is 0.272. The van der Waals surface area contributed by atoms with Crippen molar-refractivity contribution in [2.45, 2.75) is 12.5 Å². The summed E-state index contributed by atoms with van der Waals surface area (Å²) in [5, 5.41) is 17.9. The molecule has 34 heavy (non-hydrogen) atoms. The Balaban J connectivity index is 1.49. The van der Waals surface area contributed by atoms with Crippen LogP contribution in [0.5, 0.6) is 0 Å². The van der Waals surface area contributed by atoms with Gasteiger partial charge in [0.1, 0.15) is 11.0 Å². The molecule has 4 aromatic rings. The lowest BCUT2D eigenvalue weighted by Gasteiger charge is -2.18. The minimum atomic E-state index is -0.885. The molecule has 1 atom stereocenters. The number of hydrogen-bond acceptors (Lipinski definition) is 5. The minimum absolute atomic E-state index is 0.214. The highest BCUT2D eigenvalue weighted by atomic mass is 35.5. The van der Waals surface area contributed by atoms with Crippen LogP contribution in [0.4, 0.5) is 15.6 Å². The molecule has 1 unspecified atom stereocenters. The summed E-state index contributed by atoms with van der Waals surface area (Å²) in [6, 6.07) is 22.3. The van der Waals surface area contributed by atoms with Crippen LogP contribution >= 0.6 is 34.5 Å². The number of aromatic nitrogens is 2. The van der Waals surface area contributed by atoms with Crippen molar-refractivity contribution in [3.05, 3.63) is 94.5 Å². The maximum atomic E-state index is 13.1. The maximum absolute atomic E-state index is 13.1. The van der Waals surface area contributed by atoms with E-state index < -0.39 is 18.0 Å². The van der Waals surface area contributed by atoms with Gasteiger partial charge in [-0.1, -0.05) is 101 Å². The topological polar surface area (TPSA) is 96.0 Å². The van der Waals surface area contributed by atoms with Crippen molar-refractivity contribution in [1.29, 1.82) is 0 Å². The molecule has 0 aliphatic carbocycles. The van der Waals surface area contributed by atoms with Crippen LogP contribution in [-0.2, 0) is 11.2 Å². The van der Waals surface area contributed by atoms with Crippen LogP contribution in [0.25, 0.3) is 10.6 Å². The molecule has 7 nitrogen and oxygen atoms in total. The molecule has 0 saturated heterocycles. The average Bonchev–Trinajstić information content (AvgIpc) is 3.31. The molecule has 0 aliphatic heterocycles. The molecule has 172 valence electrons. The second-order valence-electron chi connectivity index (χ2n) is 7.21. The SMILES string of the molecule is O=C(Nc1cccc(Cl)c1Cl)NC(Cc1ccccc1)C(=O)Nc1nnc(-c2ccccc2)s1. The number of nitrogens with zero attached hydrogens (tertiary/aromatic N) is 2.